The molecule has 2 aliphatic rings. The maximum atomic E-state index is 12.8. The summed E-state index contributed by atoms with van der Waals surface area (Å²) in [6, 6.07) is 1.81. The molecule has 0 aliphatic carbocycles. The van der Waals surface area contributed by atoms with Crippen molar-refractivity contribution in [1.29, 1.82) is 0 Å². The third-order valence-electron chi connectivity index (χ3n) is 5.11. The molecule has 0 saturated carbocycles. The minimum atomic E-state index is -0.120. The summed E-state index contributed by atoms with van der Waals surface area (Å²) in [5.74, 6) is 0.866. The molecule has 0 unspecified atom stereocenters. The highest BCUT2D eigenvalue weighted by molar-refractivity contribution is 5.80. The molecule has 3 rings (SSSR count). The van der Waals surface area contributed by atoms with E-state index in [4.69, 9.17) is 4.74 Å². The lowest BCUT2D eigenvalue weighted by Crippen LogP contribution is -2.46. The van der Waals surface area contributed by atoms with Gasteiger partial charge in [0.1, 0.15) is 0 Å². The van der Waals surface area contributed by atoms with Gasteiger partial charge in [-0.3, -0.25) is 9.59 Å². The zero-order valence-corrected chi connectivity index (χ0v) is 14.8. The lowest BCUT2D eigenvalue weighted by Gasteiger charge is -2.36. The number of aromatic nitrogens is 2. The van der Waals surface area contributed by atoms with E-state index < -0.39 is 0 Å². The summed E-state index contributed by atoms with van der Waals surface area (Å²) in [5, 5.41) is 0. The van der Waals surface area contributed by atoms with Gasteiger partial charge in [0.25, 0.3) is 0 Å². The van der Waals surface area contributed by atoms with Crippen LogP contribution in [0.5, 0.6) is 0 Å². The van der Waals surface area contributed by atoms with E-state index in [1.807, 2.05) is 11.8 Å². The van der Waals surface area contributed by atoms with E-state index in [9.17, 15) is 9.59 Å². The molecular weight excluding hydrogens is 320 g/mol. The number of anilines is 1. The van der Waals surface area contributed by atoms with Crippen LogP contribution in [0.1, 0.15) is 32.6 Å². The Kier molecular flexibility index (Phi) is 5.83. The first-order valence-electron chi connectivity index (χ1n) is 9.16. The summed E-state index contributed by atoms with van der Waals surface area (Å²) in [7, 11) is 0. The molecule has 7 heteroatoms. The molecule has 0 radical (unpaired) electrons. The highest BCUT2D eigenvalue weighted by Gasteiger charge is 2.33. The van der Waals surface area contributed by atoms with Crippen LogP contribution >= 0.6 is 0 Å². The third-order valence-corrected chi connectivity index (χ3v) is 5.11. The molecule has 0 N–H and O–H groups in total. The normalized spacial score (nSPS) is 19.7. The smallest absolute Gasteiger partial charge is 0.309 e. The molecule has 0 bridgehead atoms. The van der Waals surface area contributed by atoms with E-state index in [-0.39, 0.29) is 23.7 Å². The highest BCUT2D eigenvalue weighted by Crippen LogP contribution is 2.25. The number of ether oxygens (including phenoxy) is 1. The predicted molar refractivity (Wildman–Crippen MR) is 92.9 cm³/mol. The SMILES string of the molecule is CCOC(=O)C1CCN(C(=O)C2CCN(c3ncccn3)CC2)CC1. The molecule has 7 nitrogen and oxygen atoms in total. The molecule has 1 amide bonds. The molecule has 25 heavy (non-hydrogen) atoms. The molecule has 2 fully saturated rings. The quantitative estimate of drug-likeness (QED) is 0.769. The Morgan fingerprint density at radius 3 is 2.24 bits per heavy atom. The molecule has 2 aliphatic heterocycles. The third kappa shape index (κ3) is 4.27. The predicted octanol–water partition coefficient (Wildman–Crippen LogP) is 1.49. The van der Waals surface area contributed by atoms with E-state index in [0.717, 1.165) is 31.9 Å². The summed E-state index contributed by atoms with van der Waals surface area (Å²) in [6.07, 6.45) is 6.56. The van der Waals surface area contributed by atoms with E-state index in [2.05, 4.69) is 14.9 Å². The van der Waals surface area contributed by atoms with Crippen LogP contribution in [-0.2, 0) is 14.3 Å². The van der Waals surface area contributed by atoms with Crippen LogP contribution in [0.2, 0.25) is 0 Å². The molecule has 2 saturated heterocycles. The molecule has 0 spiro atoms. The number of likely N-dealkylation sites (tertiary alicyclic amines) is 1. The highest BCUT2D eigenvalue weighted by atomic mass is 16.5. The molecular formula is C18H26N4O3. The van der Waals surface area contributed by atoms with Gasteiger partial charge in [-0.2, -0.15) is 0 Å². The number of carbonyl (C=O) groups excluding carboxylic acids is 2. The minimum absolute atomic E-state index is 0.0546. The number of esters is 1. The largest absolute Gasteiger partial charge is 0.466 e. The van der Waals surface area contributed by atoms with Crippen LogP contribution in [0.4, 0.5) is 5.95 Å². The van der Waals surface area contributed by atoms with Crippen molar-refractivity contribution in [2.75, 3.05) is 37.7 Å². The van der Waals surface area contributed by atoms with Crippen LogP contribution in [0.3, 0.4) is 0 Å². The maximum absolute atomic E-state index is 12.8. The monoisotopic (exact) mass is 346 g/mol. The fourth-order valence-corrected chi connectivity index (χ4v) is 3.63. The average molecular weight is 346 g/mol. The lowest BCUT2D eigenvalue weighted by molar-refractivity contribution is -0.151. The van der Waals surface area contributed by atoms with Crippen molar-refractivity contribution >= 4 is 17.8 Å². The van der Waals surface area contributed by atoms with Gasteiger partial charge < -0.3 is 14.5 Å². The molecule has 1 aromatic heterocycles. The summed E-state index contributed by atoms with van der Waals surface area (Å²) in [4.78, 5) is 37.2. The number of hydrogen-bond acceptors (Lipinski definition) is 6. The van der Waals surface area contributed by atoms with Crippen molar-refractivity contribution in [3.05, 3.63) is 18.5 Å². The van der Waals surface area contributed by atoms with Gasteiger partial charge in [0.2, 0.25) is 11.9 Å². The Labute approximate surface area is 148 Å². The standard InChI is InChI=1S/C18H26N4O3/c1-2-25-17(24)15-6-10-21(11-7-15)16(23)14-4-12-22(13-5-14)18-19-8-3-9-20-18/h3,8-9,14-15H,2,4-7,10-13H2,1H3. The second-order valence-electron chi connectivity index (χ2n) is 6.66. The van der Waals surface area contributed by atoms with E-state index in [1.54, 1.807) is 18.5 Å². The van der Waals surface area contributed by atoms with Gasteiger partial charge in [-0.05, 0) is 38.7 Å². The lowest BCUT2D eigenvalue weighted by atomic mass is 9.92. The second-order valence-corrected chi connectivity index (χ2v) is 6.66. The van der Waals surface area contributed by atoms with Crippen molar-refractivity contribution in [3.8, 4) is 0 Å². The molecule has 136 valence electrons. The number of rotatable bonds is 4. The van der Waals surface area contributed by atoms with Crippen LogP contribution in [0, 0.1) is 11.8 Å². The number of amides is 1. The van der Waals surface area contributed by atoms with Crippen LogP contribution < -0.4 is 4.90 Å². The van der Waals surface area contributed by atoms with E-state index in [0.29, 0.717) is 32.5 Å². The van der Waals surface area contributed by atoms with Crippen molar-refractivity contribution in [1.82, 2.24) is 14.9 Å². The number of hydrogen-bond donors (Lipinski definition) is 0. The summed E-state index contributed by atoms with van der Waals surface area (Å²) in [6.45, 7) is 5.17. The van der Waals surface area contributed by atoms with Gasteiger partial charge in [-0.25, -0.2) is 9.97 Å². The van der Waals surface area contributed by atoms with Crippen molar-refractivity contribution in [2.45, 2.75) is 32.6 Å². The summed E-state index contributed by atoms with van der Waals surface area (Å²) < 4.78 is 5.09. The van der Waals surface area contributed by atoms with Gasteiger partial charge in [0, 0.05) is 44.5 Å². The molecule has 0 aromatic carbocycles. The Hall–Kier alpha value is -2.18. The number of nitrogens with zero attached hydrogens (tertiary/aromatic N) is 4. The van der Waals surface area contributed by atoms with Crippen molar-refractivity contribution in [3.63, 3.8) is 0 Å². The zero-order valence-electron chi connectivity index (χ0n) is 14.8. The minimum Gasteiger partial charge on any atom is -0.466 e. The zero-order chi connectivity index (χ0) is 17.6. The Balaban J connectivity index is 1.46. The van der Waals surface area contributed by atoms with Gasteiger partial charge in [-0.15, -0.1) is 0 Å². The fraction of sp³-hybridized carbons (Fsp3) is 0.667. The fourth-order valence-electron chi connectivity index (χ4n) is 3.63. The van der Waals surface area contributed by atoms with Gasteiger partial charge in [-0.1, -0.05) is 0 Å². The Bertz CT molecular complexity index is 579. The van der Waals surface area contributed by atoms with Gasteiger partial charge >= 0.3 is 5.97 Å². The topological polar surface area (TPSA) is 75.6 Å². The van der Waals surface area contributed by atoms with Gasteiger partial charge in [0.15, 0.2) is 0 Å². The second kappa shape index (κ2) is 8.27. The Morgan fingerprint density at radius 1 is 1.04 bits per heavy atom. The van der Waals surface area contributed by atoms with E-state index >= 15 is 0 Å². The number of piperidine rings is 2. The van der Waals surface area contributed by atoms with Crippen LogP contribution in [-0.4, -0.2) is 59.5 Å². The first-order chi connectivity index (χ1) is 12.2. The van der Waals surface area contributed by atoms with Crippen LogP contribution in [0.15, 0.2) is 18.5 Å². The first-order valence-corrected chi connectivity index (χ1v) is 9.16. The molecule has 0 atom stereocenters. The molecule has 3 heterocycles. The summed E-state index contributed by atoms with van der Waals surface area (Å²) >= 11 is 0. The molecule has 1 aromatic rings. The Morgan fingerprint density at radius 2 is 1.64 bits per heavy atom. The van der Waals surface area contributed by atoms with Crippen molar-refractivity contribution < 1.29 is 14.3 Å². The van der Waals surface area contributed by atoms with E-state index in [1.165, 1.54) is 0 Å². The summed E-state index contributed by atoms with van der Waals surface area (Å²) in [5.41, 5.74) is 0. The first kappa shape index (κ1) is 17.6. The number of carbonyl (C=O) groups is 2. The van der Waals surface area contributed by atoms with Crippen LogP contribution in [0.25, 0.3) is 0 Å². The van der Waals surface area contributed by atoms with Crippen molar-refractivity contribution in [2.24, 2.45) is 11.8 Å². The average Bonchev–Trinajstić information content (AvgIpc) is 2.68. The maximum Gasteiger partial charge on any atom is 0.309 e. The van der Waals surface area contributed by atoms with Gasteiger partial charge in [0.05, 0.1) is 12.5 Å².